The number of nitrogens with one attached hydrogen (secondary N) is 1. The summed E-state index contributed by atoms with van der Waals surface area (Å²) in [5.74, 6) is -1.57. The van der Waals surface area contributed by atoms with Crippen LogP contribution in [0.2, 0.25) is 0 Å². The molecule has 9 nitrogen and oxygen atoms in total. The number of amides is 3. The van der Waals surface area contributed by atoms with Crippen molar-refractivity contribution in [3.8, 4) is 11.5 Å². The second-order valence-electron chi connectivity index (χ2n) is 12.2. The van der Waals surface area contributed by atoms with Gasteiger partial charge in [-0.05, 0) is 79.8 Å². The van der Waals surface area contributed by atoms with E-state index < -0.39 is 29.3 Å². The summed E-state index contributed by atoms with van der Waals surface area (Å²) in [6.45, 7) is 3.75. The van der Waals surface area contributed by atoms with Crippen LogP contribution in [0.1, 0.15) is 64.6 Å². The number of nitrogens with two attached hydrogens (primary N) is 1. The number of primary amides is 1. The van der Waals surface area contributed by atoms with Gasteiger partial charge in [0.1, 0.15) is 5.82 Å². The van der Waals surface area contributed by atoms with E-state index in [0.29, 0.717) is 34.8 Å². The molecule has 3 N–H and O–H groups in total. The minimum absolute atomic E-state index is 0.132. The van der Waals surface area contributed by atoms with Gasteiger partial charge in [0.25, 0.3) is 11.8 Å². The van der Waals surface area contributed by atoms with Crippen LogP contribution in [0.4, 0.5) is 4.39 Å². The molecule has 6 rings (SSSR count). The highest BCUT2D eigenvalue weighted by Gasteiger charge is 2.51. The SMILES string of the molecule is Cc1noc(-c2ccc(C(=O)N3CCC(C(=O)N[C@@H](C)c4ccc(F)cc4)(c4ccccc4)CC3[C@@H](C(N)=O)c3ccccc3)cc2)n1. The molecule has 48 heavy (non-hydrogen) atoms. The number of aromatic nitrogens is 2. The van der Waals surface area contributed by atoms with Crippen LogP contribution < -0.4 is 11.1 Å². The number of benzene rings is 4. The maximum Gasteiger partial charge on any atom is 0.257 e. The molecule has 4 aromatic carbocycles. The Bertz CT molecular complexity index is 1900. The van der Waals surface area contributed by atoms with Crippen LogP contribution in [-0.4, -0.2) is 45.3 Å². The first-order chi connectivity index (χ1) is 23.2. The molecule has 1 aromatic heterocycles. The van der Waals surface area contributed by atoms with Crippen molar-refractivity contribution in [1.29, 1.82) is 0 Å². The molecule has 3 amide bonds. The molecule has 2 heterocycles. The second kappa shape index (κ2) is 13.6. The van der Waals surface area contributed by atoms with Crippen molar-refractivity contribution in [3.05, 3.63) is 143 Å². The third kappa shape index (κ3) is 6.46. The molecule has 1 aliphatic rings. The van der Waals surface area contributed by atoms with E-state index in [9.17, 15) is 18.8 Å². The largest absolute Gasteiger partial charge is 0.369 e. The molecule has 0 spiro atoms. The molecule has 0 saturated carbocycles. The first kappa shape index (κ1) is 32.3. The molecule has 4 atom stereocenters. The zero-order chi connectivity index (χ0) is 33.8. The van der Waals surface area contributed by atoms with Gasteiger partial charge in [0.2, 0.25) is 11.8 Å². The number of carbonyl (C=O) groups is 3. The van der Waals surface area contributed by atoms with Crippen LogP contribution in [0.5, 0.6) is 0 Å². The van der Waals surface area contributed by atoms with Gasteiger partial charge >= 0.3 is 0 Å². The van der Waals surface area contributed by atoms with Gasteiger partial charge in [-0.25, -0.2) is 4.39 Å². The fourth-order valence-corrected chi connectivity index (χ4v) is 6.69. The third-order valence-electron chi connectivity index (χ3n) is 9.23. The molecule has 1 aliphatic heterocycles. The predicted molar refractivity (Wildman–Crippen MR) is 178 cm³/mol. The monoisotopic (exact) mass is 645 g/mol. The van der Waals surface area contributed by atoms with E-state index in [-0.39, 0.29) is 30.6 Å². The maximum atomic E-state index is 14.5. The van der Waals surface area contributed by atoms with Crippen molar-refractivity contribution in [2.45, 2.75) is 50.1 Å². The van der Waals surface area contributed by atoms with E-state index in [0.717, 1.165) is 11.1 Å². The van der Waals surface area contributed by atoms with Gasteiger partial charge in [-0.1, -0.05) is 78.0 Å². The fraction of sp³-hybridized carbons (Fsp3) is 0.237. The first-order valence-corrected chi connectivity index (χ1v) is 15.8. The average Bonchev–Trinajstić information content (AvgIpc) is 3.55. The summed E-state index contributed by atoms with van der Waals surface area (Å²) >= 11 is 0. The van der Waals surface area contributed by atoms with Gasteiger partial charge in [-0.3, -0.25) is 14.4 Å². The van der Waals surface area contributed by atoms with Crippen LogP contribution in [0, 0.1) is 12.7 Å². The Kier molecular flexibility index (Phi) is 9.16. The molecular weight excluding hydrogens is 609 g/mol. The molecule has 0 aliphatic carbocycles. The van der Waals surface area contributed by atoms with Crippen LogP contribution in [0.15, 0.2) is 114 Å². The van der Waals surface area contributed by atoms with Crippen molar-refractivity contribution in [2.75, 3.05) is 6.54 Å². The van der Waals surface area contributed by atoms with E-state index in [1.54, 1.807) is 48.2 Å². The Hall–Kier alpha value is -5.64. The number of likely N-dealkylation sites (tertiary alicyclic amines) is 1. The predicted octanol–water partition coefficient (Wildman–Crippen LogP) is 5.87. The normalized spacial score (nSPS) is 18.9. The zero-order valence-corrected chi connectivity index (χ0v) is 26.7. The van der Waals surface area contributed by atoms with Gasteiger partial charge in [-0.15, -0.1) is 0 Å². The van der Waals surface area contributed by atoms with Crippen LogP contribution >= 0.6 is 0 Å². The summed E-state index contributed by atoms with van der Waals surface area (Å²) in [6, 6.07) is 30.2. The summed E-state index contributed by atoms with van der Waals surface area (Å²) < 4.78 is 18.9. The van der Waals surface area contributed by atoms with E-state index in [1.165, 1.54) is 12.1 Å². The van der Waals surface area contributed by atoms with Crippen LogP contribution in [0.3, 0.4) is 0 Å². The summed E-state index contributed by atoms with van der Waals surface area (Å²) in [5, 5.41) is 6.99. The molecule has 1 fully saturated rings. The van der Waals surface area contributed by atoms with Gasteiger partial charge in [-0.2, -0.15) is 4.98 Å². The number of aryl methyl sites for hydroxylation is 1. The maximum absolute atomic E-state index is 14.5. The zero-order valence-electron chi connectivity index (χ0n) is 26.7. The highest BCUT2D eigenvalue weighted by molar-refractivity contribution is 5.97. The van der Waals surface area contributed by atoms with Crippen molar-refractivity contribution in [2.24, 2.45) is 5.73 Å². The lowest BCUT2D eigenvalue weighted by molar-refractivity contribution is -0.131. The minimum atomic E-state index is -1.11. The number of hydrogen-bond donors (Lipinski definition) is 2. The number of hydrogen-bond acceptors (Lipinski definition) is 6. The Labute approximate surface area is 278 Å². The molecule has 2 unspecified atom stereocenters. The van der Waals surface area contributed by atoms with Crippen molar-refractivity contribution in [1.82, 2.24) is 20.4 Å². The second-order valence-corrected chi connectivity index (χ2v) is 12.2. The number of piperidine rings is 1. The van der Waals surface area contributed by atoms with Crippen molar-refractivity contribution >= 4 is 17.7 Å². The Balaban J connectivity index is 1.39. The van der Waals surface area contributed by atoms with Crippen molar-refractivity contribution < 1.29 is 23.3 Å². The molecule has 5 aromatic rings. The van der Waals surface area contributed by atoms with Gasteiger partial charge in [0, 0.05) is 23.7 Å². The molecule has 0 radical (unpaired) electrons. The highest BCUT2D eigenvalue weighted by atomic mass is 19.1. The minimum Gasteiger partial charge on any atom is -0.369 e. The smallest absolute Gasteiger partial charge is 0.257 e. The number of rotatable bonds is 9. The Morgan fingerprint density at radius 3 is 2.17 bits per heavy atom. The molecule has 244 valence electrons. The topological polar surface area (TPSA) is 131 Å². The van der Waals surface area contributed by atoms with Gasteiger partial charge in [0.05, 0.1) is 17.4 Å². The number of carbonyl (C=O) groups excluding carboxylic acids is 3. The van der Waals surface area contributed by atoms with Gasteiger partial charge < -0.3 is 20.5 Å². The highest BCUT2D eigenvalue weighted by Crippen LogP contribution is 2.44. The standard InChI is InChI=1S/C38H36FN5O4/c1-24(26-17-19-31(39)20-18-26)41-37(47)38(30-11-7-4-8-12-30)21-22-44(32(23-38)33(34(40)45)27-9-5-3-6-10-27)36(46)29-15-13-28(14-16-29)35-42-25(2)43-48-35/h3-20,24,32-33H,21-23H2,1-2H3,(H2,40,45)(H,41,47)/t24-,32?,33-,38?/m0/s1. The third-order valence-corrected chi connectivity index (χ3v) is 9.23. The average molecular weight is 646 g/mol. The van der Waals surface area contributed by atoms with E-state index >= 15 is 0 Å². The van der Waals surface area contributed by atoms with Crippen molar-refractivity contribution in [3.63, 3.8) is 0 Å². The van der Waals surface area contributed by atoms with E-state index in [2.05, 4.69) is 15.5 Å². The molecular formula is C38H36FN5O4. The lowest BCUT2D eigenvalue weighted by Gasteiger charge is -2.48. The quantitative estimate of drug-likeness (QED) is 0.206. The lowest BCUT2D eigenvalue weighted by atomic mass is 9.66. The fourth-order valence-electron chi connectivity index (χ4n) is 6.69. The summed E-state index contributed by atoms with van der Waals surface area (Å²) in [6.07, 6.45) is 0.424. The number of halogens is 1. The van der Waals surface area contributed by atoms with E-state index in [1.807, 2.05) is 67.6 Å². The van der Waals surface area contributed by atoms with Crippen LogP contribution in [0.25, 0.3) is 11.5 Å². The number of nitrogens with zero attached hydrogens (tertiary/aromatic N) is 3. The molecule has 1 saturated heterocycles. The Morgan fingerprint density at radius 1 is 0.917 bits per heavy atom. The summed E-state index contributed by atoms with van der Waals surface area (Å²) in [5.41, 5.74) is 8.24. The van der Waals surface area contributed by atoms with Crippen LogP contribution in [-0.2, 0) is 15.0 Å². The molecule has 0 bridgehead atoms. The first-order valence-electron chi connectivity index (χ1n) is 15.8. The van der Waals surface area contributed by atoms with E-state index in [4.69, 9.17) is 10.3 Å². The summed E-state index contributed by atoms with van der Waals surface area (Å²) in [4.78, 5) is 48.1. The molecule has 10 heteroatoms. The van der Waals surface area contributed by atoms with Gasteiger partial charge in [0.15, 0.2) is 5.82 Å². The lowest BCUT2D eigenvalue weighted by Crippen LogP contribution is -2.59. The Morgan fingerprint density at radius 2 is 1.56 bits per heavy atom. The summed E-state index contributed by atoms with van der Waals surface area (Å²) in [7, 11) is 0.